The average molecular weight is 475 g/mol. The minimum atomic E-state index is -4.57. The summed E-state index contributed by atoms with van der Waals surface area (Å²) in [6.45, 7) is -2.11. The fourth-order valence-electron chi connectivity index (χ4n) is 3.27. The van der Waals surface area contributed by atoms with E-state index in [1.54, 1.807) is 29.6 Å². The largest absolute Gasteiger partial charge is 0.465 e. The number of esters is 1. The summed E-state index contributed by atoms with van der Waals surface area (Å²) in [5, 5.41) is 13.0. The van der Waals surface area contributed by atoms with Gasteiger partial charge >= 0.3 is 12.1 Å². The molecule has 9 nitrogen and oxygen atoms in total. The number of anilines is 3. The lowest BCUT2D eigenvalue weighted by atomic mass is 10.1. The summed E-state index contributed by atoms with van der Waals surface area (Å²) in [6, 6.07) is 9.35. The Morgan fingerprint density at radius 3 is 2.62 bits per heavy atom. The third-order valence-electron chi connectivity index (χ3n) is 4.86. The van der Waals surface area contributed by atoms with Gasteiger partial charge in [0.15, 0.2) is 0 Å². The van der Waals surface area contributed by atoms with Crippen molar-refractivity contribution >= 4 is 45.9 Å². The number of nitrogen functional groups attached to an aromatic ring is 1. The number of alkyl halides is 3. The first-order chi connectivity index (χ1) is 16.0. The fraction of sp³-hybridized carbons (Fsp3) is 0.182. The van der Waals surface area contributed by atoms with Gasteiger partial charge < -0.3 is 31.1 Å². The van der Waals surface area contributed by atoms with Crippen LogP contribution in [0, 0.1) is 5.41 Å². The van der Waals surface area contributed by atoms with Crippen LogP contribution in [0.2, 0.25) is 0 Å². The lowest BCUT2D eigenvalue weighted by molar-refractivity contribution is -0.138. The number of nitrogens with zero attached hydrogens (tertiary/aromatic N) is 1. The standard InChI is InChI=1S/C22H20F3N5O4/c1-34-21(33)15-8-14(7-13(9-26)19(15)27)29-16-4-2-3-12-5-6-30(20(32)18(12)16)10-17(31)28-11-22(23,24)25/h2-9,26,29H,10-11,27H2,1H3,(H,28,31). The molecule has 0 spiro atoms. The second kappa shape index (κ2) is 9.65. The minimum Gasteiger partial charge on any atom is -0.465 e. The molecule has 0 bridgehead atoms. The van der Waals surface area contributed by atoms with Crippen LogP contribution in [0.3, 0.4) is 0 Å². The zero-order valence-electron chi connectivity index (χ0n) is 17.8. The van der Waals surface area contributed by atoms with E-state index in [4.69, 9.17) is 15.9 Å². The molecule has 5 N–H and O–H groups in total. The van der Waals surface area contributed by atoms with Gasteiger partial charge in [0.05, 0.1) is 29.4 Å². The normalized spacial score (nSPS) is 11.2. The first-order valence-electron chi connectivity index (χ1n) is 9.79. The molecule has 34 heavy (non-hydrogen) atoms. The molecule has 0 aliphatic rings. The highest BCUT2D eigenvalue weighted by Crippen LogP contribution is 2.28. The second-order valence-electron chi connectivity index (χ2n) is 7.20. The number of hydrogen-bond donors (Lipinski definition) is 4. The molecule has 2 aromatic carbocycles. The summed E-state index contributed by atoms with van der Waals surface area (Å²) in [7, 11) is 1.18. The molecule has 0 atom stereocenters. The quantitative estimate of drug-likeness (QED) is 0.235. The number of fused-ring (bicyclic) bond motifs is 1. The van der Waals surface area contributed by atoms with E-state index in [0.29, 0.717) is 16.8 Å². The molecule has 0 saturated heterocycles. The highest BCUT2D eigenvalue weighted by molar-refractivity contribution is 6.03. The SMILES string of the molecule is COC(=O)c1cc(Nc2cccc3ccn(CC(=O)NCC(F)(F)F)c(=O)c23)cc(C=N)c1N. The Balaban J connectivity index is 2.00. The Labute approximate surface area is 190 Å². The zero-order chi connectivity index (χ0) is 25.0. The summed E-state index contributed by atoms with van der Waals surface area (Å²) in [6.07, 6.45) is -2.30. The number of methoxy groups -OCH3 is 1. The molecule has 0 aliphatic heterocycles. The van der Waals surface area contributed by atoms with Gasteiger partial charge in [0.25, 0.3) is 5.56 Å². The van der Waals surface area contributed by atoms with Crippen molar-refractivity contribution in [3.8, 4) is 0 Å². The van der Waals surface area contributed by atoms with Crippen molar-refractivity contribution in [2.75, 3.05) is 24.7 Å². The van der Waals surface area contributed by atoms with Gasteiger partial charge in [-0.3, -0.25) is 9.59 Å². The molecular weight excluding hydrogens is 455 g/mol. The van der Waals surface area contributed by atoms with Crippen LogP contribution < -0.4 is 21.9 Å². The van der Waals surface area contributed by atoms with E-state index in [-0.39, 0.29) is 22.2 Å². The van der Waals surface area contributed by atoms with Gasteiger partial charge in [0.1, 0.15) is 13.1 Å². The number of aromatic nitrogens is 1. The highest BCUT2D eigenvalue weighted by atomic mass is 19.4. The van der Waals surface area contributed by atoms with Crippen LogP contribution in [-0.4, -0.2) is 42.5 Å². The first-order valence-corrected chi connectivity index (χ1v) is 9.79. The number of amides is 1. The number of halogens is 3. The number of benzene rings is 2. The number of carbonyl (C=O) groups is 2. The van der Waals surface area contributed by atoms with E-state index < -0.39 is 36.7 Å². The number of ether oxygens (including phenoxy) is 1. The van der Waals surface area contributed by atoms with Gasteiger partial charge in [-0.25, -0.2) is 4.79 Å². The molecule has 0 aliphatic carbocycles. The third-order valence-corrected chi connectivity index (χ3v) is 4.86. The summed E-state index contributed by atoms with van der Waals surface area (Å²) in [5.74, 6) is -1.68. The van der Waals surface area contributed by atoms with E-state index in [1.165, 1.54) is 25.4 Å². The Morgan fingerprint density at radius 1 is 1.24 bits per heavy atom. The predicted octanol–water partition coefficient (Wildman–Crippen LogP) is 2.79. The van der Waals surface area contributed by atoms with Crippen LogP contribution in [0.25, 0.3) is 10.8 Å². The van der Waals surface area contributed by atoms with Gasteiger partial charge in [-0.05, 0) is 29.7 Å². The first kappa shape index (κ1) is 24.3. The molecule has 3 rings (SSSR count). The van der Waals surface area contributed by atoms with E-state index in [9.17, 15) is 27.6 Å². The van der Waals surface area contributed by atoms with Crippen molar-refractivity contribution < 1.29 is 27.5 Å². The van der Waals surface area contributed by atoms with Gasteiger partial charge in [-0.15, -0.1) is 0 Å². The maximum absolute atomic E-state index is 13.1. The minimum absolute atomic E-state index is 0.0185. The van der Waals surface area contributed by atoms with E-state index >= 15 is 0 Å². The van der Waals surface area contributed by atoms with Crippen molar-refractivity contribution in [3.63, 3.8) is 0 Å². The zero-order valence-corrected chi connectivity index (χ0v) is 17.8. The maximum atomic E-state index is 13.1. The number of nitrogens with two attached hydrogens (primary N) is 1. The molecule has 178 valence electrons. The summed E-state index contributed by atoms with van der Waals surface area (Å²) in [4.78, 5) is 37.0. The van der Waals surface area contributed by atoms with Crippen molar-refractivity contribution in [2.24, 2.45) is 0 Å². The third kappa shape index (κ3) is 5.34. The van der Waals surface area contributed by atoms with E-state index in [0.717, 1.165) is 10.8 Å². The highest BCUT2D eigenvalue weighted by Gasteiger charge is 2.27. The van der Waals surface area contributed by atoms with Crippen LogP contribution in [0.1, 0.15) is 15.9 Å². The van der Waals surface area contributed by atoms with Crippen molar-refractivity contribution in [1.29, 1.82) is 5.41 Å². The Kier molecular flexibility index (Phi) is 6.89. The van der Waals surface area contributed by atoms with Crippen molar-refractivity contribution in [1.82, 2.24) is 9.88 Å². The average Bonchev–Trinajstić information content (AvgIpc) is 2.79. The molecule has 0 radical (unpaired) electrons. The Morgan fingerprint density at radius 2 is 1.97 bits per heavy atom. The lowest BCUT2D eigenvalue weighted by Gasteiger charge is -2.15. The van der Waals surface area contributed by atoms with Crippen LogP contribution >= 0.6 is 0 Å². The van der Waals surface area contributed by atoms with Gasteiger partial charge in [-0.1, -0.05) is 12.1 Å². The lowest BCUT2D eigenvalue weighted by Crippen LogP contribution is -2.37. The van der Waals surface area contributed by atoms with Crippen molar-refractivity contribution in [2.45, 2.75) is 12.7 Å². The predicted molar refractivity (Wildman–Crippen MR) is 121 cm³/mol. The molecular formula is C22H20F3N5O4. The van der Waals surface area contributed by atoms with Gasteiger partial charge in [-0.2, -0.15) is 13.2 Å². The molecule has 0 fully saturated rings. The molecule has 0 saturated carbocycles. The topological polar surface area (TPSA) is 139 Å². The molecule has 1 aromatic heterocycles. The molecule has 0 unspecified atom stereocenters. The Bertz CT molecular complexity index is 1330. The maximum Gasteiger partial charge on any atom is 0.405 e. The smallest absolute Gasteiger partial charge is 0.405 e. The summed E-state index contributed by atoms with van der Waals surface area (Å²) in [5.41, 5.74) is 6.26. The fourth-order valence-corrected chi connectivity index (χ4v) is 3.27. The number of pyridine rings is 1. The van der Waals surface area contributed by atoms with Gasteiger partial charge in [0, 0.05) is 23.7 Å². The van der Waals surface area contributed by atoms with E-state index in [1.807, 2.05) is 0 Å². The van der Waals surface area contributed by atoms with Crippen molar-refractivity contribution in [3.05, 3.63) is 64.1 Å². The second-order valence-corrected chi connectivity index (χ2v) is 7.20. The number of nitrogens with one attached hydrogen (secondary N) is 3. The molecule has 12 heteroatoms. The van der Waals surface area contributed by atoms with Crippen LogP contribution in [0.15, 0.2) is 47.4 Å². The monoisotopic (exact) mass is 475 g/mol. The molecule has 3 aromatic rings. The summed E-state index contributed by atoms with van der Waals surface area (Å²) >= 11 is 0. The summed E-state index contributed by atoms with van der Waals surface area (Å²) < 4.78 is 42.7. The Hall–Kier alpha value is -4.35. The number of carbonyl (C=O) groups excluding carboxylic acids is 2. The molecule has 1 heterocycles. The number of hydrogen-bond acceptors (Lipinski definition) is 7. The van der Waals surface area contributed by atoms with Crippen LogP contribution in [0.5, 0.6) is 0 Å². The van der Waals surface area contributed by atoms with E-state index in [2.05, 4.69) is 5.32 Å². The van der Waals surface area contributed by atoms with Gasteiger partial charge in [0.2, 0.25) is 5.91 Å². The molecule has 1 amide bonds. The van der Waals surface area contributed by atoms with Crippen LogP contribution in [0.4, 0.5) is 30.2 Å². The van der Waals surface area contributed by atoms with Crippen LogP contribution in [-0.2, 0) is 16.1 Å². The number of rotatable bonds is 7.